The fourth-order valence-corrected chi connectivity index (χ4v) is 7.27. The molecule has 2 N–H and O–H groups in total. The average molecular weight is 481 g/mol. The molecule has 3 aromatic carbocycles. The van der Waals surface area contributed by atoms with E-state index >= 15 is 0 Å². The van der Waals surface area contributed by atoms with Crippen LogP contribution >= 0.6 is 7.37 Å². The molecule has 0 fully saturated rings. The van der Waals surface area contributed by atoms with Gasteiger partial charge in [0.15, 0.2) is 0 Å². The van der Waals surface area contributed by atoms with Crippen molar-refractivity contribution < 1.29 is 19.4 Å². The average Bonchev–Trinajstić information content (AvgIpc) is 2.82. The second-order valence-electron chi connectivity index (χ2n) is 9.50. The Balaban J connectivity index is 2.02. The van der Waals surface area contributed by atoms with Gasteiger partial charge < -0.3 is 10.00 Å². The van der Waals surface area contributed by atoms with Crippen molar-refractivity contribution in [3.8, 4) is 0 Å². The third kappa shape index (κ3) is 7.04. The SMILES string of the molecule is CCCCCCC(C(CC(C)C(=O)O)c1ccc2ccccc2c1)P(=O)(O)Cc1ccccc1. The molecule has 0 aliphatic heterocycles. The van der Waals surface area contributed by atoms with Crippen LogP contribution in [-0.4, -0.2) is 21.6 Å². The van der Waals surface area contributed by atoms with Gasteiger partial charge in [-0.15, -0.1) is 0 Å². The lowest BCUT2D eigenvalue weighted by Gasteiger charge is -2.33. The number of rotatable bonds is 13. The first-order valence-electron chi connectivity index (χ1n) is 12.4. The molecule has 4 unspecified atom stereocenters. The van der Waals surface area contributed by atoms with Gasteiger partial charge in [-0.05, 0) is 40.7 Å². The maximum Gasteiger partial charge on any atom is 0.306 e. The van der Waals surface area contributed by atoms with Crippen LogP contribution in [-0.2, 0) is 15.5 Å². The molecule has 0 amide bonds. The molecule has 3 aromatic rings. The highest BCUT2D eigenvalue weighted by molar-refractivity contribution is 7.58. The van der Waals surface area contributed by atoms with Crippen molar-refractivity contribution in [1.29, 1.82) is 0 Å². The monoisotopic (exact) mass is 480 g/mol. The van der Waals surface area contributed by atoms with E-state index in [1.165, 1.54) is 0 Å². The number of carboxylic acids is 1. The quantitative estimate of drug-likeness (QED) is 0.193. The molecule has 34 heavy (non-hydrogen) atoms. The van der Waals surface area contributed by atoms with Gasteiger partial charge in [-0.1, -0.05) is 112 Å². The zero-order valence-corrected chi connectivity index (χ0v) is 21.2. The van der Waals surface area contributed by atoms with Crippen molar-refractivity contribution in [3.63, 3.8) is 0 Å². The summed E-state index contributed by atoms with van der Waals surface area (Å²) < 4.78 is 14.0. The van der Waals surface area contributed by atoms with Crippen molar-refractivity contribution in [1.82, 2.24) is 0 Å². The van der Waals surface area contributed by atoms with Gasteiger partial charge in [0, 0.05) is 11.8 Å². The van der Waals surface area contributed by atoms with Gasteiger partial charge in [-0.2, -0.15) is 0 Å². The third-order valence-electron chi connectivity index (χ3n) is 6.82. The summed E-state index contributed by atoms with van der Waals surface area (Å²) in [7, 11) is -3.63. The summed E-state index contributed by atoms with van der Waals surface area (Å²) in [6, 6.07) is 23.6. The predicted octanol–water partition coefficient (Wildman–Crippen LogP) is 7.84. The number of fused-ring (bicyclic) bond motifs is 1. The molecule has 0 aliphatic rings. The van der Waals surface area contributed by atoms with E-state index in [0.717, 1.165) is 47.6 Å². The van der Waals surface area contributed by atoms with Crippen molar-refractivity contribution in [2.75, 3.05) is 0 Å². The Bertz CT molecular complexity index is 1110. The molecular formula is C29H37O4P. The van der Waals surface area contributed by atoms with Gasteiger partial charge in [0.05, 0.1) is 5.92 Å². The minimum atomic E-state index is -3.63. The number of aliphatic carboxylic acids is 1. The van der Waals surface area contributed by atoms with Crippen LogP contribution in [0.2, 0.25) is 0 Å². The molecule has 182 valence electrons. The smallest absolute Gasteiger partial charge is 0.306 e. The Morgan fingerprint density at radius 2 is 1.59 bits per heavy atom. The lowest BCUT2D eigenvalue weighted by Crippen LogP contribution is -2.25. The summed E-state index contributed by atoms with van der Waals surface area (Å²) in [6.07, 6.45) is 5.12. The first-order chi connectivity index (χ1) is 16.3. The molecule has 0 saturated heterocycles. The van der Waals surface area contributed by atoms with E-state index in [9.17, 15) is 19.4 Å². The van der Waals surface area contributed by atoms with Crippen molar-refractivity contribution in [2.45, 2.75) is 70.1 Å². The van der Waals surface area contributed by atoms with Crippen LogP contribution in [0.15, 0.2) is 72.8 Å². The van der Waals surface area contributed by atoms with E-state index in [4.69, 9.17) is 0 Å². The van der Waals surface area contributed by atoms with E-state index in [0.29, 0.717) is 12.8 Å². The molecule has 5 heteroatoms. The van der Waals surface area contributed by atoms with E-state index in [1.807, 2.05) is 66.7 Å². The van der Waals surface area contributed by atoms with E-state index < -0.39 is 24.9 Å². The summed E-state index contributed by atoms with van der Waals surface area (Å²) >= 11 is 0. The fourth-order valence-electron chi connectivity index (χ4n) is 4.86. The first kappa shape index (κ1) is 26.2. The third-order valence-corrected chi connectivity index (χ3v) is 9.29. The minimum Gasteiger partial charge on any atom is -0.481 e. The molecule has 4 atom stereocenters. The lowest BCUT2D eigenvalue weighted by molar-refractivity contribution is -0.141. The number of hydrogen-bond acceptors (Lipinski definition) is 2. The number of carboxylic acid groups (broad SMARTS) is 1. The molecule has 0 spiro atoms. The topological polar surface area (TPSA) is 74.6 Å². The van der Waals surface area contributed by atoms with E-state index in [-0.39, 0.29) is 12.1 Å². The summed E-state index contributed by atoms with van der Waals surface area (Å²) in [5, 5.41) is 11.9. The number of carbonyl (C=O) groups is 1. The van der Waals surface area contributed by atoms with Crippen LogP contribution in [0, 0.1) is 5.92 Å². The van der Waals surface area contributed by atoms with Crippen LogP contribution in [0.1, 0.15) is 69.4 Å². The summed E-state index contributed by atoms with van der Waals surface area (Å²) in [5.41, 5.74) is 1.30. The van der Waals surface area contributed by atoms with Gasteiger partial charge in [-0.3, -0.25) is 9.36 Å². The van der Waals surface area contributed by atoms with Crippen molar-refractivity contribution >= 4 is 24.1 Å². The standard InChI is InChI=1S/C29H37O4P/c1-3-4-5-9-16-28(34(32,33)21-23-12-7-6-8-13-23)27(19-22(2)29(30)31)26-18-17-24-14-10-11-15-25(24)20-26/h6-8,10-15,17-18,20,22,27-28H,3-5,9,16,19,21H2,1-2H3,(H,30,31)(H,32,33). The van der Waals surface area contributed by atoms with Crippen LogP contribution in [0.5, 0.6) is 0 Å². The van der Waals surface area contributed by atoms with Crippen LogP contribution < -0.4 is 0 Å². The molecule has 0 aliphatic carbocycles. The molecule has 0 aromatic heterocycles. The van der Waals surface area contributed by atoms with Crippen LogP contribution in [0.25, 0.3) is 10.8 Å². The van der Waals surface area contributed by atoms with E-state index in [1.54, 1.807) is 6.92 Å². The van der Waals surface area contributed by atoms with Crippen molar-refractivity contribution in [3.05, 3.63) is 83.9 Å². The number of hydrogen-bond donors (Lipinski definition) is 2. The lowest BCUT2D eigenvalue weighted by atomic mass is 9.84. The summed E-state index contributed by atoms with van der Waals surface area (Å²) in [5.74, 6) is -1.78. The van der Waals surface area contributed by atoms with Crippen molar-refractivity contribution in [2.24, 2.45) is 5.92 Å². The highest BCUT2D eigenvalue weighted by Crippen LogP contribution is 2.57. The zero-order valence-electron chi connectivity index (χ0n) is 20.3. The summed E-state index contributed by atoms with van der Waals surface area (Å²) in [6.45, 7) is 3.85. The molecular weight excluding hydrogens is 443 g/mol. The highest BCUT2D eigenvalue weighted by Gasteiger charge is 2.39. The van der Waals surface area contributed by atoms with Gasteiger partial charge >= 0.3 is 5.97 Å². The molecule has 0 saturated carbocycles. The maximum absolute atomic E-state index is 14.0. The Kier molecular flexibility index (Phi) is 9.50. The molecule has 0 radical (unpaired) electrons. The molecule has 4 nitrogen and oxygen atoms in total. The Labute approximate surface area is 203 Å². The normalized spacial score (nSPS) is 16.0. The van der Waals surface area contributed by atoms with Gasteiger partial charge in [0.1, 0.15) is 0 Å². The second kappa shape index (κ2) is 12.3. The largest absolute Gasteiger partial charge is 0.481 e. The van der Waals surface area contributed by atoms with Gasteiger partial charge in [0.2, 0.25) is 7.37 Å². The van der Waals surface area contributed by atoms with E-state index in [2.05, 4.69) is 13.0 Å². The Morgan fingerprint density at radius 3 is 2.26 bits per heavy atom. The Morgan fingerprint density at radius 1 is 0.912 bits per heavy atom. The van der Waals surface area contributed by atoms with Gasteiger partial charge in [-0.25, -0.2) is 0 Å². The molecule has 0 heterocycles. The predicted molar refractivity (Wildman–Crippen MR) is 141 cm³/mol. The first-order valence-corrected chi connectivity index (χ1v) is 14.3. The fraction of sp³-hybridized carbons (Fsp3) is 0.414. The Hall–Kier alpha value is -2.42. The minimum absolute atomic E-state index is 0.109. The van der Waals surface area contributed by atoms with Gasteiger partial charge in [0.25, 0.3) is 0 Å². The number of unbranched alkanes of at least 4 members (excludes halogenated alkanes) is 3. The summed E-state index contributed by atoms with van der Waals surface area (Å²) in [4.78, 5) is 23.3. The highest BCUT2D eigenvalue weighted by atomic mass is 31.2. The maximum atomic E-state index is 14.0. The second-order valence-corrected chi connectivity index (χ2v) is 12.0. The molecule has 0 bridgehead atoms. The zero-order chi connectivity index (χ0) is 24.6. The van der Waals surface area contributed by atoms with Crippen LogP contribution in [0.3, 0.4) is 0 Å². The molecule has 3 rings (SSSR count). The van der Waals surface area contributed by atoms with Crippen LogP contribution in [0.4, 0.5) is 0 Å². The number of benzene rings is 3.